The first-order chi connectivity index (χ1) is 10.1. The van der Waals surface area contributed by atoms with Crippen molar-refractivity contribution < 1.29 is 4.39 Å². The summed E-state index contributed by atoms with van der Waals surface area (Å²) in [5.74, 6) is -0.362. The van der Waals surface area contributed by atoms with Crippen molar-refractivity contribution in [2.75, 3.05) is 19.6 Å². The third-order valence-electron chi connectivity index (χ3n) is 3.54. The molecule has 7 heteroatoms. The van der Waals surface area contributed by atoms with E-state index in [-0.39, 0.29) is 5.82 Å². The number of aromatic nitrogens is 3. The Labute approximate surface area is 127 Å². The summed E-state index contributed by atoms with van der Waals surface area (Å²) in [7, 11) is 0. The van der Waals surface area contributed by atoms with E-state index in [1.807, 2.05) is 6.20 Å². The van der Waals surface area contributed by atoms with Crippen LogP contribution in [0.5, 0.6) is 0 Å². The highest BCUT2D eigenvalue weighted by atomic mass is 35.5. The van der Waals surface area contributed by atoms with E-state index in [2.05, 4.69) is 27.5 Å². The molecule has 1 saturated heterocycles. The second-order valence-corrected chi connectivity index (χ2v) is 5.75. The first-order valence-electron chi connectivity index (χ1n) is 6.94. The number of rotatable bonds is 3. The van der Waals surface area contributed by atoms with E-state index in [1.54, 1.807) is 10.7 Å². The van der Waals surface area contributed by atoms with Crippen LogP contribution in [0.4, 0.5) is 4.39 Å². The maximum Gasteiger partial charge on any atom is 0.124 e. The second kappa shape index (κ2) is 6.09. The molecule has 1 aliphatic heterocycles. The summed E-state index contributed by atoms with van der Waals surface area (Å²) < 4.78 is 14.7. The fraction of sp³-hybridized carbons (Fsp3) is 0.429. The fourth-order valence-corrected chi connectivity index (χ4v) is 2.79. The summed E-state index contributed by atoms with van der Waals surface area (Å²) in [5, 5.41) is 12.0. The number of hydrogen-bond donors (Lipinski definition) is 1. The van der Waals surface area contributed by atoms with Gasteiger partial charge in [0.2, 0.25) is 0 Å². The molecule has 0 amide bonds. The summed E-state index contributed by atoms with van der Waals surface area (Å²) in [6.07, 6.45) is 1.84. The van der Waals surface area contributed by atoms with Crippen LogP contribution in [-0.2, 0) is 6.54 Å². The highest BCUT2D eigenvalue weighted by Gasteiger charge is 2.17. The zero-order valence-electron chi connectivity index (χ0n) is 11.8. The summed E-state index contributed by atoms with van der Waals surface area (Å²) >= 11 is 6.04. The predicted molar refractivity (Wildman–Crippen MR) is 79.1 cm³/mol. The Morgan fingerprint density at radius 1 is 1.48 bits per heavy atom. The smallest absolute Gasteiger partial charge is 0.124 e. The largest absolute Gasteiger partial charge is 0.312 e. The van der Waals surface area contributed by atoms with Gasteiger partial charge in [-0.1, -0.05) is 16.8 Å². The van der Waals surface area contributed by atoms with Gasteiger partial charge in [-0.05, 0) is 25.1 Å². The van der Waals surface area contributed by atoms with Crippen LogP contribution >= 0.6 is 11.6 Å². The van der Waals surface area contributed by atoms with Gasteiger partial charge in [0.25, 0.3) is 0 Å². The van der Waals surface area contributed by atoms with Crippen molar-refractivity contribution in [3.05, 3.63) is 40.9 Å². The van der Waals surface area contributed by atoms with Crippen molar-refractivity contribution in [3.63, 3.8) is 0 Å². The van der Waals surface area contributed by atoms with Gasteiger partial charge >= 0.3 is 0 Å². The van der Waals surface area contributed by atoms with Gasteiger partial charge in [-0.25, -0.2) is 9.07 Å². The summed E-state index contributed by atoms with van der Waals surface area (Å²) in [6.45, 7) is 5.89. The normalized spacial score (nSPS) is 19.9. The second-order valence-electron chi connectivity index (χ2n) is 5.34. The van der Waals surface area contributed by atoms with Crippen LogP contribution in [0.15, 0.2) is 24.4 Å². The molecule has 1 unspecified atom stereocenters. The number of nitrogens with one attached hydrogen (secondary N) is 1. The van der Waals surface area contributed by atoms with Crippen molar-refractivity contribution in [2.24, 2.45) is 0 Å². The molecular formula is C14H17ClFN5. The Morgan fingerprint density at radius 2 is 2.33 bits per heavy atom. The van der Waals surface area contributed by atoms with E-state index in [0.717, 1.165) is 31.9 Å². The minimum Gasteiger partial charge on any atom is -0.312 e. The van der Waals surface area contributed by atoms with Crippen molar-refractivity contribution in [1.29, 1.82) is 0 Å². The van der Waals surface area contributed by atoms with Crippen LogP contribution in [0.3, 0.4) is 0 Å². The molecule has 0 radical (unpaired) electrons. The Hall–Kier alpha value is -1.50. The first kappa shape index (κ1) is 14.4. The summed E-state index contributed by atoms with van der Waals surface area (Å²) in [5.41, 5.74) is 1.51. The van der Waals surface area contributed by atoms with Gasteiger partial charge in [0.05, 0.1) is 22.6 Å². The quantitative estimate of drug-likeness (QED) is 0.940. The Balaban J connectivity index is 1.74. The average molecular weight is 310 g/mol. The third kappa shape index (κ3) is 3.40. The maximum absolute atomic E-state index is 13.1. The van der Waals surface area contributed by atoms with Gasteiger partial charge < -0.3 is 5.32 Å². The highest BCUT2D eigenvalue weighted by Crippen LogP contribution is 2.20. The monoisotopic (exact) mass is 309 g/mol. The Bertz CT molecular complexity index is 630. The molecule has 3 rings (SSSR count). The molecule has 0 aliphatic carbocycles. The van der Waals surface area contributed by atoms with E-state index in [0.29, 0.717) is 16.8 Å². The topological polar surface area (TPSA) is 46.0 Å². The summed E-state index contributed by atoms with van der Waals surface area (Å²) in [4.78, 5) is 2.34. The first-order valence-corrected chi connectivity index (χ1v) is 7.32. The van der Waals surface area contributed by atoms with Gasteiger partial charge in [-0.2, -0.15) is 0 Å². The maximum atomic E-state index is 13.1. The van der Waals surface area contributed by atoms with Gasteiger partial charge in [0.1, 0.15) is 5.82 Å². The molecule has 1 aliphatic rings. The van der Waals surface area contributed by atoms with Crippen molar-refractivity contribution in [2.45, 2.75) is 19.5 Å². The van der Waals surface area contributed by atoms with E-state index in [4.69, 9.17) is 11.6 Å². The van der Waals surface area contributed by atoms with Gasteiger partial charge in [0.15, 0.2) is 0 Å². The minimum atomic E-state index is -0.362. The molecule has 21 heavy (non-hydrogen) atoms. The molecule has 112 valence electrons. The van der Waals surface area contributed by atoms with E-state index in [1.165, 1.54) is 12.1 Å². The zero-order chi connectivity index (χ0) is 14.8. The SMILES string of the molecule is CC1CN(Cc2cn(-c3ccc(F)cc3Cl)nn2)CCN1. The molecular weight excluding hydrogens is 293 g/mol. The van der Waals surface area contributed by atoms with Crippen LogP contribution in [-0.4, -0.2) is 45.6 Å². The van der Waals surface area contributed by atoms with Crippen LogP contribution in [0.2, 0.25) is 5.02 Å². The van der Waals surface area contributed by atoms with Crippen LogP contribution in [0.25, 0.3) is 5.69 Å². The lowest BCUT2D eigenvalue weighted by atomic mass is 10.2. The average Bonchev–Trinajstić information content (AvgIpc) is 2.87. The molecule has 0 bridgehead atoms. The Kier molecular flexibility index (Phi) is 4.19. The highest BCUT2D eigenvalue weighted by molar-refractivity contribution is 6.32. The number of piperazine rings is 1. The molecule has 2 heterocycles. The number of hydrogen-bond acceptors (Lipinski definition) is 4. The zero-order valence-corrected chi connectivity index (χ0v) is 12.5. The van der Waals surface area contributed by atoms with Crippen LogP contribution in [0.1, 0.15) is 12.6 Å². The number of halogens is 2. The lowest BCUT2D eigenvalue weighted by Gasteiger charge is -2.30. The minimum absolute atomic E-state index is 0.322. The van der Waals surface area contributed by atoms with E-state index < -0.39 is 0 Å². The standard InChI is InChI=1S/C14H17ClFN5/c1-10-7-20(5-4-17-10)8-12-9-21(19-18-12)14-3-2-11(16)6-13(14)15/h2-3,6,9-10,17H,4-5,7-8H2,1H3. The fourth-order valence-electron chi connectivity index (χ4n) is 2.54. The lowest BCUT2D eigenvalue weighted by molar-refractivity contribution is 0.197. The molecule has 1 fully saturated rings. The van der Waals surface area contributed by atoms with E-state index in [9.17, 15) is 4.39 Å². The van der Waals surface area contributed by atoms with Crippen molar-refractivity contribution in [1.82, 2.24) is 25.2 Å². The van der Waals surface area contributed by atoms with Crippen molar-refractivity contribution >= 4 is 11.6 Å². The van der Waals surface area contributed by atoms with Gasteiger partial charge in [-0.3, -0.25) is 4.90 Å². The molecule has 1 aromatic carbocycles. The van der Waals surface area contributed by atoms with Crippen molar-refractivity contribution in [3.8, 4) is 5.69 Å². The molecule has 0 spiro atoms. The molecule has 0 saturated carbocycles. The molecule has 5 nitrogen and oxygen atoms in total. The lowest BCUT2D eigenvalue weighted by Crippen LogP contribution is -2.48. The summed E-state index contributed by atoms with van der Waals surface area (Å²) in [6, 6.07) is 4.72. The van der Waals surface area contributed by atoms with E-state index >= 15 is 0 Å². The molecule has 2 aromatic rings. The van der Waals surface area contributed by atoms with Gasteiger partial charge in [-0.15, -0.1) is 5.10 Å². The molecule has 1 aromatic heterocycles. The Morgan fingerprint density at radius 3 is 3.10 bits per heavy atom. The van der Waals surface area contributed by atoms with Crippen LogP contribution < -0.4 is 5.32 Å². The number of benzene rings is 1. The van der Waals surface area contributed by atoms with Gasteiger partial charge in [0, 0.05) is 32.2 Å². The molecule has 1 atom stereocenters. The predicted octanol–water partition coefficient (Wildman–Crippen LogP) is 1.85. The molecule has 1 N–H and O–H groups in total. The number of nitrogens with zero attached hydrogens (tertiary/aromatic N) is 4. The van der Waals surface area contributed by atoms with Crippen LogP contribution in [0, 0.1) is 5.82 Å². The third-order valence-corrected chi connectivity index (χ3v) is 3.84.